The first-order chi connectivity index (χ1) is 13.6. The van der Waals surface area contributed by atoms with E-state index in [9.17, 15) is 14.4 Å². The van der Waals surface area contributed by atoms with Gasteiger partial charge in [-0.3, -0.25) is 19.0 Å². The summed E-state index contributed by atoms with van der Waals surface area (Å²) in [5.41, 5.74) is 1.35. The van der Waals surface area contributed by atoms with Gasteiger partial charge < -0.3 is 10.6 Å². The molecule has 1 fully saturated rings. The van der Waals surface area contributed by atoms with E-state index in [2.05, 4.69) is 15.6 Å². The van der Waals surface area contributed by atoms with Crippen LogP contribution in [0.15, 0.2) is 59.7 Å². The van der Waals surface area contributed by atoms with Gasteiger partial charge in [0.2, 0.25) is 5.91 Å². The molecule has 7 nitrogen and oxygen atoms in total. The van der Waals surface area contributed by atoms with Crippen LogP contribution in [0.3, 0.4) is 0 Å². The second-order valence-electron chi connectivity index (χ2n) is 6.85. The highest BCUT2D eigenvalue weighted by molar-refractivity contribution is 6.03. The average molecular weight is 376 g/mol. The Bertz CT molecular complexity index is 1100. The topological polar surface area (TPSA) is 93.1 Å². The third-order valence-corrected chi connectivity index (χ3v) is 4.67. The molecule has 0 saturated heterocycles. The molecule has 2 aromatic carbocycles. The van der Waals surface area contributed by atoms with Crippen molar-refractivity contribution in [3.63, 3.8) is 0 Å². The normalized spacial score (nSPS) is 13.3. The Morgan fingerprint density at radius 3 is 2.64 bits per heavy atom. The van der Waals surface area contributed by atoms with Crippen molar-refractivity contribution in [1.29, 1.82) is 0 Å². The molecule has 0 unspecified atom stereocenters. The molecule has 0 radical (unpaired) electrons. The molecule has 28 heavy (non-hydrogen) atoms. The summed E-state index contributed by atoms with van der Waals surface area (Å²) in [4.78, 5) is 41.5. The van der Waals surface area contributed by atoms with Gasteiger partial charge in [0.15, 0.2) is 0 Å². The largest absolute Gasteiger partial charge is 0.349 e. The van der Waals surface area contributed by atoms with Crippen molar-refractivity contribution in [3.05, 3.63) is 70.8 Å². The molecule has 2 amide bonds. The molecule has 1 aromatic heterocycles. The van der Waals surface area contributed by atoms with Crippen LogP contribution in [0.4, 0.5) is 5.69 Å². The van der Waals surface area contributed by atoms with Gasteiger partial charge in [0.1, 0.15) is 0 Å². The zero-order valence-corrected chi connectivity index (χ0v) is 15.2. The highest BCUT2D eigenvalue weighted by Gasteiger charge is 2.25. The molecule has 1 saturated carbocycles. The first-order valence-corrected chi connectivity index (χ1v) is 9.26. The van der Waals surface area contributed by atoms with Crippen LogP contribution in [0.1, 0.15) is 29.6 Å². The van der Waals surface area contributed by atoms with Crippen LogP contribution < -0.4 is 16.2 Å². The van der Waals surface area contributed by atoms with Crippen LogP contribution in [0.5, 0.6) is 0 Å². The molecule has 1 aliphatic carbocycles. The maximum atomic E-state index is 12.5. The summed E-state index contributed by atoms with van der Waals surface area (Å²) in [5, 5.41) is 6.22. The third kappa shape index (κ3) is 3.93. The van der Waals surface area contributed by atoms with Crippen LogP contribution in [0, 0.1) is 0 Å². The number of aryl methyl sites for hydroxylation is 1. The lowest BCUT2D eigenvalue weighted by molar-refractivity contribution is -0.116. The highest BCUT2D eigenvalue weighted by Crippen LogP contribution is 2.21. The second kappa shape index (κ2) is 7.64. The van der Waals surface area contributed by atoms with Gasteiger partial charge in [0, 0.05) is 19.0 Å². The van der Waals surface area contributed by atoms with Crippen LogP contribution >= 0.6 is 0 Å². The number of benzene rings is 2. The number of nitrogens with one attached hydrogen (secondary N) is 2. The fraction of sp³-hybridized carbons (Fsp3) is 0.238. The molecular weight excluding hydrogens is 356 g/mol. The summed E-state index contributed by atoms with van der Waals surface area (Å²) in [6.45, 7) is 0.207. The number of hydrogen-bond acceptors (Lipinski definition) is 4. The third-order valence-electron chi connectivity index (χ3n) is 4.67. The number of hydrogen-bond donors (Lipinski definition) is 2. The van der Waals surface area contributed by atoms with Crippen molar-refractivity contribution in [3.8, 4) is 0 Å². The Labute approximate surface area is 161 Å². The molecule has 0 aliphatic heterocycles. The first kappa shape index (κ1) is 17.9. The Morgan fingerprint density at radius 2 is 1.82 bits per heavy atom. The minimum absolute atomic E-state index is 0.0957. The predicted molar refractivity (Wildman–Crippen MR) is 106 cm³/mol. The van der Waals surface area contributed by atoms with E-state index < -0.39 is 0 Å². The predicted octanol–water partition coefficient (Wildman–Crippen LogP) is 2.32. The number of para-hydroxylation sites is 2. The van der Waals surface area contributed by atoms with Crippen molar-refractivity contribution in [1.82, 2.24) is 14.9 Å². The van der Waals surface area contributed by atoms with E-state index in [0.717, 1.165) is 12.8 Å². The van der Waals surface area contributed by atoms with Gasteiger partial charge in [-0.25, -0.2) is 4.98 Å². The molecule has 2 N–H and O–H groups in total. The molecule has 1 heterocycles. The van der Waals surface area contributed by atoms with E-state index in [1.54, 1.807) is 42.5 Å². The Morgan fingerprint density at radius 1 is 1.07 bits per heavy atom. The quantitative estimate of drug-likeness (QED) is 0.690. The van der Waals surface area contributed by atoms with Crippen LogP contribution in [0.25, 0.3) is 10.9 Å². The Hall–Kier alpha value is -3.48. The molecule has 142 valence electrons. The number of anilines is 1. The summed E-state index contributed by atoms with van der Waals surface area (Å²) in [6.07, 6.45) is 3.54. The van der Waals surface area contributed by atoms with Crippen molar-refractivity contribution in [2.75, 3.05) is 5.32 Å². The van der Waals surface area contributed by atoms with Gasteiger partial charge in [0.25, 0.3) is 11.5 Å². The number of amides is 2. The van der Waals surface area contributed by atoms with E-state index in [-0.39, 0.29) is 36.4 Å². The number of rotatable bonds is 6. The van der Waals surface area contributed by atoms with Gasteiger partial charge in [0.05, 0.1) is 28.5 Å². The molecule has 0 bridgehead atoms. The first-order valence-electron chi connectivity index (χ1n) is 9.26. The van der Waals surface area contributed by atoms with E-state index >= 15 is 0 Å². The van der Waals surface area contributed by atoms with E-state index in [4.69, 9.17) is 0 Å². The Kier molecular flexibility index (Phi) is 4.89. The summed E-state index contributed by atoms with van der Waals surface area (Å²) in [6, 6.07) is 14.2. The van der Waals surface area contributed by atoms with Gasteiger partial charge in [-0.15, -0.1) is 0 Å². The van der Waals surface area contributed by atoms with E-state index in [1.807, 2.05) is 6.07 Å². The highest BCUT2D eigenvalue weighted by atomic mass is 16.2. The van der Waals surface area contributed by atoms with Crippen LogP contribution in [-0.2, 0) is 11.3 Å². The van der Waals surface area contributed by atoms with Crippen LogP contribution in [-0.4, -0.2) is 27.4 Å². The maximum Gasteiger partial charge on any atom is 0.261 e. The van der Waals surface area contributed by atoms with Crippen molar-refractivity contribution >= 4 is 28.4 Å². The number of carbonyl (C=O) groups is 2. The maximum absolute atomic E-state index is 12.5. The summed E-state index contributed by atoms with van der Waals surface area (Å²) >= 11 is 0. The van der Waals surface area contributed by atoms with Gasteiger partial charge in [-0.05, 0) is 37.1 Å². The van der Waals surface area contributed by atoms with Crippen molar-refractivity contribution in [2.45, 2.75) is 31.8 Å². The van der Waals surface area contributed by atoms with Gasteiger partial charge >= 0.3 is 0 Å². The van der Waals surface area contributed by atoms with Crippen LogP contribution in [0.2, 0.25) is 0 Å². The van der Waals surface area contributed by atoms with Crippen molar-refractivity contribution in [2.24, 2.45) is 0 Å². The molecule has 4 rings (SSSR count). The number of fused-ring (bicyclic) bond motifs is 1. The minimum atomic E-state index is -0.272. The summed E-state index contributed by atoms with van der Waals surface area (Å²) in [5.74, 6) is -0.458. The summed E-state index contributed by atoms with van der Waals surface area (Å²) < 4.78 is 1.42. The molecule has 0 spiro atoms. The zero-order chi connectivity index (χ0) is 19.5. The smallest absolute Gasteiger partial charge is 0.261 e. The fourth-order valence-corrected chi connectivity index (χ4v) is 2.98. The van der Waals surface area contributed by atoms with Gasteiger partial charge in [-0.2, -0.15) is 0 Å². The number of nitrogens with zero attached hydrogens (tertiary/aromatic N) is 2. The minimum Gasteiger partial charge on any atom is -0.349 e. The lowest BCUT2D eigenvalue weighted by Crippen LogP contribution is -2.27. The van der Waals surface area contributed by atoms with Crippen molar-refractivity contribution < 1.29 is 9.59 Å². The second-order valence-corrected chi connectivity index (χ2v) is 6.85. The summed E-state index contributed by atoms with van der Waals surface area (Å²) in [7, 11) is 0. The molecule has 1 aliphatic rings. The SMILES string of the molecule is O=C(CCn1cnc2ccccc2c1=O)Nc1ccccc1C(=O)NC1CC1. The molecule has 0 atom stereocenters. The lowest BCUT2D eigenvalue weighted by atomic mass is 10.1. The zero-order valence-electron chi connectivity index (χ0n) is 15.2. The number of aromatic nitrogens is 2. The fourth-order valence-electron chi connectivity index (χ4n) is 2.98. The van der Waals surface area contributed by atoms with E-state index in [1.165, 1.54) is 10.9 Å². The molecule has 7 heteroatoms. The average Bonchev–Trinajstić information content (AvgIpc) is 3.52. The standard InChI is InChI=1S/C21H20N4O3/c26-19(11-12-25-13-22-17-7-3-2-6-16(17)21(25)28)24-18-8-4-1-5-15(18)20(27)23-14-9-10-14/h1-8,13-14H,9-12H2,(H,23,27)(H,24,26). The van der Waals surface area contributed by atoms with E-state index in [0.29, 0.717) is 22.2 Å². The lowest BCUT2D eigenvalue weighted by Gasteiger charge is -2.11. The number of carbonyl (C=O) groups excluding carboxylic acids is 2. The Balaban J connectivity index is 1.43. The molecule has 3 aromatic rings. The molecular formula is C21H20N4O3. The van der Waals surface area contributed by atoms with Gasteiger partial charge in [-0.1, -0.05) is 24.3 Å². The monoisotopic (exact) mass is 376 g/mol.